The molecule has 0 bridgehead atoms. The van der Waals surface area contributed by atoms with Crippen LogP contribution >= 0.6 is 27.7 Å². The zero-order valence-electron chi connectivity index (χ0n) is 13.6. The zero-order valence-corrected chi connectivity index (χ0v) is 16.0. The monoisotopic (exact) mass is 437 g/mol. The highest BCUT2D eigenvalue weighted by Crippen LogP contribution is 2.35. The quantitative estimate of drug-likeness (QED) is 0.707. The van der Waals surface area contributed by atoms with Gasteiger partial charge in [-0.3, -0.25) is 4.79 Å². The third-order valence-electron chi connectivity index (χ3n) is 4.62. The molecule has 1 amide bonds. The fourth-order valence-electron chi connectivity index (χ4n) is 3.20. The van der Waals surface area contributed by atoms with E-state index < -0.39 is 11.7 Å². The molecule has 2 saturated heterocycles. The number of pyridine rings is 1. The van der Waals surface area contributed by atoms with Crippen molar-refractivity contribution in [2.45, 2.75) is 19.0 Å². The zero-order chi connectivity index (χ0) is 18.0. The van der Waals surface area contributed by atoms with Crippen LogP contribution in [0, 0.1) is 5.92 Å². The van der Waals surface area contributed by atoms with Gasteiger partial charge >= 0.3 is 6.18 Å². The predicted octanol–water partition coefficient (Wildman–Crippen LogP) is 3.65. The van der Waals surface area contributed by atoms with Crippen LogP contribution in [0.2, 0.25) is 0 Å². The highest BCUT2D eigenvalue weighted by molar-refractivity contribution is 9.10. The van der Waals surface area contributed by atoms with Crippen LogP contribution in [0.3, 0.4) is 0 Å². The second kappa shape index (κ2) is 7.73. The molecule has 4 nitrogen and oxygen atoms in total. The summed E-state index contributed by atoms with van der Waals surface area (Å²) < 4.78 is 38.6. The summed E-state index contributed by atoms with van der Waals surface area (Å²) in [4.78, 5) is 20.4. The topological polar surface area (TPSA) is 36.4 Å². The van der Waals surface area contributed by atoms with Gasteiger partial charge in [0.1, 0.15) is 5.82 Å². The van der Waals surface area contributed by atoms with Crippen molar-refractivity contribution in [3.8, 4) is 0 Å². The molecule has 0 atom stereocenters. The third kappa shape index (κ3) is 4.42. The van der Waals surface area contributed by atoms with Gasteiger partial charge in [-0.2, -0.15) is 24.9 Å². The molecule has 3 rings (SSSR count). The van der Waals surface area contributed by atoms with Gasteiger partial charge in [0, 0.05) is 49.8 Å². The molecule has 0 radical (unpaired) electrons. The molecule has 0 unspecified atom stereocenters. The van der Waals surface area contributed by atoms with Gasteiger partial charge in [-0.25, -0.2) is 4.98 Å². The van der Waals surface area contributed by atoms with Crippen molar-refractivity contribution in [2.75, 3.05) is 42.6 Å². The Kier molecular flexibility index (Phi) is 5.82. The van der Waals surface area contributed by atoms with Crippen molar-refractivity contribution in [3.05, 3.63) is 22.3 Å². The lowest BCUT2D eigenvalue weighted by Crippen LogP contribution is -2.45. The first-order chi connectivity index (χ1) is 11.9. The van der Waals surface area contributed by atoms with Crippen molar-refractivity contribution in [3.63, 3.8) is 0 Å². The van der Waals surface area contributed by atoms with Gasteiger partial charge in [0.05, 0.1) is 10.0 Å². The van der Waals surface area contributed by atoms with E-state index in [1.54, 1.807) is 0 Å². The Hall–Kier alpha value is -0.960. The fraction of sp³-hybridized carbons (Fsp3) is 0.625. The molecule has 138 valence electrons. The molecular weight excluding hydrogens is 419 g/mol. The Labute approximate surface area is 157 Å². The number of hydrogen-bond donors (Lipinski definition) is 0. The number of piperidine rings is 1. The van der Waals surface area contributed by atoms with E-state index in [2.05, 4.69) is 20.9 Å². The molecule has 0 N–H and O–H groups in total. The Morgan fingerprint density at radius 2 is 1.84 bits per heavy atom. The van der Waals surface area contributed by atoms with Gasteiger partial charge in [0.25, 0.3) is 0 Å². The number of carbonyl (C=O) groups excluding carboxylic acids is 1. The van der Waals surface area contributed by atoms with E-state index in [-0.39, 0.29) is 11.8 Å². The van der Waals surface area contributed by atoms with Gasteiger partial charge in [-0.05, 0) is 34.8 Å². The lowest BCUT2D eigenvalue weighted by Gasteiger charge is -2.36. The summed E-state index contributed by atoms with van der Waals surface area (Å²) in [5.74, 6) is 2.72. The molecule has 2 aliphatic rings. The highest BCUT2D eigenvalue weighted by atomic mass is 79.9. The van der Waals surface area contributed by atoms with Crippen molar-refractivity contribution in [1.29, 1.82) is 0 Å². The van der Waals surface area contributed by atoms with E-state index >= 15 is 0 Å². The largest absolute Gasteiger partial charge is 0.417 e. The van der Waals surface area contributed by atoms with Crippen LogP contribution in [-0.2, 0) is 11.0 Å². The Morgan fingerprint density at radius 3 is 2.40 bits per heavy atom. The van der Waals surface area contributed by atoms with Crippen molar-refractivity contribution < 1.29 is 18.0 Å². The van der Waals surface area contributed by atoms with E-state index in [0.717, 1.165) is 36.9 Å². The van der Waals surface area contributed by atoms with Crippen LogP contribution in [0.1, 0.15) is 18.4 Å². The number of thioether (sulfide) groups is 1. The van der Waals surface area contributed by atoms with Gasteiger partial charge in [0.2, 0.25) is 5.91 Å². The van der Waals surface area contributed by atoms with Crippen LogP contribution < -0.4 is 4.90 Å². The maximum absolute atomic E-state index is 12.7. The van der Waals surface area contributed by atoms with E-state index in [1.807, 2.05) is 21.6 Å². The minimum absolute atomic E-state index is 0.00701. The van der Waals surface area contributed by atoms with Gasteiger partial charge < -0.3 is 9.80 Å². The molecular formula is C16H19BrF3N3OS. The molecule has 0 spiro atoms. The Morgan fingerprint density at radius 1 is 1.20 bits per heavy atom. The number of alkyl halides is 3. The molecule has 1 aromatic rings. The van der Waals surface area contributed by atoms with E-state index in [9.17, 15) is 18.0 Å². The second-order valence-electron chi connectivity index (χ2n) is 6.23. The first-order valence-electron chi connectivity index (χ1n) is 8.20. The molecule has 0 aliphatic carbocycles. The minimum Gasteiger partial charge on any atom is -0.356 e. The van der Waals surface area contributed by atoms with Crippen LogP contribution in [0.15, 0.2) is 16.7 Å². The number of anilines is 1. The number of nitrogens with zero attached hydrogens (tertiary/aromatic N) is 3. The van der Waals surface area contributed by atoms with Crippen LogP contribution in [0.5, 0.6) is 0 Å². The van der Waals surface area contributed by atoms with Gasteiger partial charge in [0.15, 0.2) is 0 Å². The van der Waals surface area contributed by atoms with E-state index in [1.165, 1.54) is 0 Å². The fourth-order valence-corrected chi connectivity index (χ4v) is 4.70. The van der Waals surface area contributed by atoms with Gasteiger partial charge in [-0.15, -0.1) is 0 Å². The summed E-state index contributed by atoms with van der Waals surface area (Å²) >= 11 is 5.07. The maximum atomic E-state index is 12.7. The summed E-state index contributed by atoms with van der Waals surface area (Å²) in [6.07, 6.45) is -2.13. The summed E-state index contributed by atoms with van der Waals surface area (Å²) in [6.45, 7) is 2.87. The Balaban J connectivity index is 1.61. The van der Waals surface area contributed by atoms with Crippen LogP contribution in [0.4, 0.5) is 19.0 Å². The highest BCUT2D eigenvalue weighted by Gasteiger charge is 2.33. The Bertz CT molecular complexity index is 630. The number of amides is 1. The lowest BCUT2D eigenvalue weighted by atomic mass is 9.95. The first-order valence-corrected chi connectivity index (χ1v) is 10.2. The standard InChI is InChI=1S/C16H19BrF3N3OS/c17-13-9-12(16(18,19)20)10-21-14(13)22-3-1-11(2-4-22)15(24)23-5-7-25-8-6-23/h9-11H,1-8H2. The number of rotatable bonds is 2. The SMILES string of the molecule is O=C(C1CCN(c2ncc(C(F)(F)F)cc2Br)CC1)N1CCSCC1. The number of aromatic nitrogens is 1. The smallest absolute Gasteiger partial charge is 0.356 e. The van der Waals surface area contributed by atoms with Crippen LogP contribution in [-0.4, -0.2) is 53.5 Å². The molecule has 25 heavy (non-hydrogen) atoms. The van der Waals surface area contributed by atoms with Crippen molar-refractivity contribution in [2.24, 2.45) is 5.92 Å². The molecule has 2 aliphatic heterocycles. The second-order valence-corrected chi connectivity index (χ2v) is 8.31. The molecule has 2 fully saturated rings. The average Bonchev–Trinajstić information content (AvgIpc) is 2.61. The molecule has 9 heteroatoms. The summed E-state index contributed by atoms with van der Waals surface area (Å²) in [5, 5.41) is 0. The first kappa shape index (κ1) is 18.8. The molecule has 0 saturated carbocycles. The van der Waals surface area contributed by atoms with Crippen molar-refractivity contribution >= 4 is 39.4 Å². The third-order valence-corrected chi connectivity index (χ3v) is 6.14. The molecule has 1 aromatic heterocycles. The summed E-state index contributed by atoms with van der Waals surface area (Å²) in [7, 11) is 0. The van der Waals surface area contributed by atoms with Crippen molar-refractivity contribution in [1.82, 2.24) is 9.88 Å². The van der Waals surface area contributed by atoms with E-state index in [0.29, 0.717) is 36.2 Å². The maximum Gasteiger partial charge on any atom is 0.417 e. The molecule has 0 aromatic carbocycles. The number of hydrogen-bond acceptors (Lipinski definition) is 4. The number of halogens is 4. The van der Waals surface area contributed by atoms with Crippen LogP contribution in [0.25, 0.3) is 0 Å². The van der Waals surface area contributed by atoms with Gasteiger partial charge in [-0.1, -0.05) is 0 Å². The average molecular weight is 438 g/mol. The number of carbonyl (C=O) groups is 1. The predicted molar refractivity (Wildman–Crippen MR) is 95.8 cm³/mol. The normalized spacial score (nSPS) is 20.0. The summed E-state index contributed by atoms with van der Waals surface area (Å²) in [5.41, 5.74) is -0.767. The van der Waals surface area contributed by atoms with E-state index in [4.69, 9.17) is 0 Å². The minimum atomic E-state index is -4.40. The summed E-state index contributed by atoms with van der Waals surface area (Å²) in [6, 6.07) is 1.06. The lowest BCUT2D eigenvalue weighted by molar-refractivity contribution is -0.138. The molecule has 3 heterocycles.